The average Bonchev–Trinajstić information content (AvgIpc) is 2.46. The number of hydrogen-bond acceptors (Lipinski definition) is 3. The Morgan fingerprint density at radius 3 is 2.57 bits per heavy atom. The molecular weight excluding hydrogens is 266 g/mol. The van der Waals surface area contributed by atoms with E-state index in [1.165, 1.54) is 26.2 Å². The standard InChI is InChI=1S/C16H23N3O2/c1-12(20)18-15-9-5-8-14(10-15)17-11-16(21)19-13-6-3-2-4-7-13/h5,8-10,13,17H,2-4,6-7,11H2,1H3,(H,18,20)(H,19,21). The van der Waals surface area contributed by atoms with Crippen LogP contribution in [0.15, 0.2) is 24.3 Å². The van der Waals surface area contributed by atoms with Gasteiger partial charge in [0.2, 0.25) is 11.8 Å². The number of anilines is 2. The van der Waals surface area contributed by atoms with Gasteiger partial charge in [-0.05, 0) is 31.0 Å². The highest BCUT2D eigenvalue weighted by Crippen LogP contribution is 2.17. The Bertz CT molecular complexity index is 496. The Labute approximate surface area is 125 Å². The minimum atomic E-state index is -0.109. The summed E-state index contributed by atoms with van der Waals surface area (Å²) in [6.07, 6.45) is 5.86. The first-order chi connectivity index (χ1) is 10.1. The van der Waals surface area contributed by atoms with Gasteiger partial charge in [0.1, 0.15) is 0 Å². The number of benzene rings is 1. The summed E-state index contributed by atoms with van der Waals surface area (Å²) < 4.78 is 0. The lowest BCUT2D eigenvalue weighted by atomic mass is 9.95. The maximum atomic E-state index is 11.9. The summed E-state index contributed by atoms with van der Waals surface area (Å²) in [5.41, 5.74) is 1.54. The molecule has 0 heterocycles. The third-order valence-corrected chi connectivity index (χ3v) is 3.61. The zero-order valence-electron chi connectivity index (χ0n) is 12.4. The topological polar surface area (TPSA) is 70.2 Å². The summed E-state index contributed by atoms with van der Waals surface area (Å²) >= 11 is 0. The average molecular weight is 289 g/mol. The predicted octanol–water partition coefficient (Wildman–Crippen LogP) is 2.51. The van der Waals surface area contributed by atoms with Crippen molar-refractivity contribution in [1.29, 1.82) is 0 Å². The molecule has 2 rings (SSSR count). The fourth-order valence-corrected chi connectivity index (χ4v) is 2.62. The van der Waals surface area contributed by atoms with Gasteiger partial charge >= 0.3 is 0 Å². The summed E-state index contributed by atoms with van der Waals surface area (Å²) in [5, 5.41) is 8.87. The highest BCUT2D eigenvalue weighted by atomic mass is 16.2. The van der Waals surface area contributed by atoms with Crippen molar-refractivity contribution >= 4 is 23.2 Å². The molecule has 5 nitrogen and oxygen atoms in total. The van der Waals surface area contributed by atoms with E-state index in [0.717, 1.165) is 24.2 Å². The van der Waals surface area contributed by atoms with E-state index in [1.54, 1.807) is 0 Å². The maximum absolute atomic E-state index is 11.9. The monoisotopic (exact) mass is 289 g/mol. The number of nitrogens with one attached hydrogen (secondary N) is 3. The van der Waals surface area contributed by atoms with Crippen LogP contribution in [-0.2, 0) is 9.59 Å². The van der Waals surface area contributed by atoms with Gasteiger partial charge < -0.3 is 16.0 Å². The van der Waals surface area contributed by atoms with Crippen molar-refractivity contribution in [2.24, 2.45) is 0 Å². The lowest BCUT2D eigenvalue weighted by molar-refractivity contribution is -0.120. The number of carbonyl (C=O) groups excluding carboxylic acids is 2. The Hall–Kier alpha value is -2.04. The van der Waals surface area contributed by atoms with Crippen LogP contribution in [-0.4, -0.2) is 24.4 Å². The fraction of sp³-hybridized carbons (Fsp3) is 0.500. The van der Waals surface area contributed by atoms with Crippen LogP contribution in [0.25, 0.3) is 0 Å². The zero-order chi connectivity index (χ0) is 15.1. The number of amides is 2. The highest BCUT2D eigenvalue weighted by Gasteiger charge is 2.15. The summed E-state index contributed by atoms with van der Waals surface area (Å²) in [7, 11) is 0. The second-order valence-electron chi connectivity index (χ2n) is 5.52. The van der Waals surface area contributed by atoms with E-state index in [4.69, 9.17) is 0 Å². The van der Waals surface area contributed by atoms with Crippen LogP contribution < -0.4 is 16.0 Å². The van der Waals surface area contributed by atoms with Crippen molar-refractivity contribution in [3.8, 4) is 0 Å². The first kappa shape index (κ1) is 15.4. The molecule has 2 amide bonds. The van der Waals surface area contributed by atoms with Gasteiger partial charge in [-0.3, -0.25) is 9.59 Å². The molecule has 0 atom stereocenters. The van der Waals surface area contributed by atoms with Crippen molar-refractivity contribution in [2.75, 3.05) is 17.2 Å². The fourth-order valence-electron chi connectivity index (χ4n) is 2.62. The third kappa shape index (κ3) is 5.45. The van der Waals surface area contributed by atoms with Gasteiger partial charge in [-0.25, -0.2) is 0 Å². The second-order valence-corrected chi connectivity index (χ2v) is 5.52. The zero-order valence-corrected chi connectivity index (χ0v) is 12.4. The van der Waals surface area contributed by atoms with Crippen LogP contribution in [0.5, 0.6) is 0 Å². The van der Waals surface area contributed by atoms with Gasteiger partial charge in [-0.15, -0.1) is 0 Å². The molecule has 5 heteroatoms. The molecule has 1 fully saturated rings. The highest BCUT2D eigenvalue weighted by molar-refractivity contribution is 5.89. The largest absolute Gasteiger partial charge is 0.376 e. The molecule has 21 heavy (non-hydrogen) atoms. The van der Waals surface area contributed by atoms with Crippen LogP contribution in [0.3, 0.4) is 0 Å². The Balaban J connectivity index is 1.79. The normalized spacial score (nSPS) is 15.3. The number of carbonyl (C=O) groups is 2. The van der Waals surface area contributed by atoms with E-state index in [1.807, 2.05) is 24.3 Å². The molecule has 1 saturated carbocycles. The first-order valence-corrected chi connectivity index (χ1v) is 7.54. The van der Waals surface area contributed by atoms with E-state index >= 15 is 0 Å². The van der Waals surface area contributed by atoms with Gasteiger partial charge in [0.05, 0.1) is 6.54 Å². The van der Waals surface area contributed by atoms with Crippen molar-refractivity contribution in [3.63, 3.8) is 0 Å². The Morgan fingerprint density at radius 1 is 1.14 bits per heavy atom. The van der Waals surface area contributed by atoms with Gasteiger partial charge in [0.25, 0.3) is 0 Å². The third-order valence-electron chi connectivity index (χ3n) is 3.61. The van der Waals surface area contributed by atoms with E-state index in [0.29, 0.717) is 6.04 Å². The minimum absolute atomic E-state index is 0.0202. The summed E-state index contributed by atoms with van der Waals surface area (Å²) in [6.45, 7) is 1.72. The molecule has 0 bridgehead atoms. The predicted molar refractivity (Wildman–Crippen MR) is 84.3 cm³/mol. The maximum Gasteiger partial charge on any atom is 0.239 e. The summed E-state index contributed by atoms with van der Waals surface area (Å²) in [4.78, 5) is 22.9. The van der Waals surface area contributed by atoms with Gasteiger partial charge in [0.15, 0.2) is 0 Å². The van der Waals surface area contributed by atoms with Crippen molar-refractivity contribution in [3.05, 3.63) is 24.3 Å². The molecule has 3 N–H and O–H groups in total. The lowest BCUT2D eigenvalue weighted by Gasteiger charge is -2.22. The van der Waals surface area contributed by atoms with E-state index in [2.05, 4.69) is 16.0 Å². The summed E-state index contributed by atoms with van der Waals surface area (Å²) in [5.74, 6) is -0.0889. The van der Waals surface area contributed by atoms with E-state index in [-0.39, 0.29) is 18.4 Å². The van der Waals surface area contributed by atoms with Crippen molar-refractivity contribution in [1.82, 2.24) is 5.32 Å². The second kappa shape index (κ2) is 7.67. The van der Waals surface area contributed by atoms with Gasteiger partial charge in [0, 0.05) is 24.3 Å². The molecule has 0 unspecified atom stereocenters. The van der Waals surface area contributed by atoms with Crippen LogP contribution in [0.2, 0.25) is 0 Å². The van der Waals surface area contributed by atoms with Gasteiger partial charge in [-0.2, -0.15) is 0 Å². The first-order valence-electron chi connectivity index (χ1n) is 7.54. The molecular formula is C16H23N3O2. The van der Waals surface area contributed by atoms with Crippen LogP contribution in [0, 0.1) is 0 Å². The van der Waals surface area contributed by atoms with Crippen LogP contribution in [0.1, 0.15) is 39.0 Å². The van der Waals surface area contributed by atoms with Crippen molar-refractivity contribution in [2.45, 2.75) is 45.1 Å². The molecule has 114 valence electrons. The van der Waals surface area contributed by atoms with E-state index in [9.17, 15) is 9.59 Å². The smallest absolute Gasteiger partial charge is 0.239 e. The molecule has 0 aromatic heterocycles. The van der Waals surface area contributed by atoms with E-state index < -0.39 is 0 Å². The summed E-state index contributed by atoms with van der Waals surface area (Å²) in [6, 6.07) is 7.68. The molecule has 0 saturated heterocycles. The Morgan fingerprint density at radius 2 is 1.86 bits per heavy atom. The number of rotatable bonds is 5. The molecule has 1 aliphatic carbocycles. The van der Waals surface area contributed by atoms with Crippen LogP contribution in [0.4, 0.5) is 11.4 Å². The van der Waals surface area contributed by atoms with Gasteiger partial charge in [-0.1, -0.05) is 25.3 Å². The SMILES string of the molecule is CC(=O)Nc1cccc(NCC(=O)NC2CCCCC2)c1. The molecule has 1 aromatic rings. The molecule has 0 aliphatic heterocycles. The minimum Gasteiger partial charge on any atom is -0.376 e. The molecule has 1 aromatic carbocycles. The molecule has 1 aliphatic rings. The molecule has 0 spiro atoms. The van der Waals surface area contributed by atoms with Crippen LogP contribution >= 0.6 is 0 Å². The number of hydrogen-bond donors (Lipinski definition) is 3. The quantitative estimate of drug-likeness (QED) is 0.780. The lowest BCUT2D eigenvalue weighted by Crippen LogP contribution is -2.39. The van der Waals surface area contributed by atoms with Crippen molar-refractivity contribution < 1.29 is 9.59 Å². The Kier molecular flexibility index (Phi) is 5.60. The molecule has 0 radical (unpaired) electrons.